The Morgan fingerprint density at radius 3 is 2.65 bits per heavy atom. The molecule has 0 atom stereocenters. The Morgan fingerprint density at radius 1 is 1.20 bits per heavy atom. The fourth-order valence-electron chi connectivity index (χ4n) is 1.82. The maximum absolute atomic E-state index is 13.7. The van der Waals surface area contributed by atoms with E-state index in [1.54, 1.807) is 30.3 Å². The fourth-order valence-corrected chi connectivity index (χ4v) is 2.01. The number of amides is 1. The van der Waals surface area contributed by atoms with Gasteiger partial charge in [-0.25, -0.2) is 4.39 Å². The van der Waals surface area contributed by atoms with Crippen LogP contribution in [0.15, 0.2) is 42.5 Å². The number of carbonyl (C=O) groups excluding carboxylic acids is 1. The van der Waals surface area contributed by atoms with Crippen LogP contribution in [0.25, 0.3) is 0 Å². The molecule has 0 fully saturated rings. The number of hydrogen-bond donors (Lipinski definition) is 2. The lowest BCUT2D eigenvalue weighted by Gasteiger charge is -2.12. The lowest BCUT2D eigenvalue weighted by atomic mass is 10.1. The van der Waals surface area contributed by atoms with Gasteiger partial charge in [0.25, 0.3) is 5.91 Å². The molecule has 20 heavy (non-hydrogen) atoms. The number of rotatable bonds is 4. The van der Waals surface area contributed by atoms with Crippen LogP contribution in [0.2, 0.25) is 5.02 Å². The van der Waals surface area contributed by atoms with Crippen LogP contribution in [0.4, 0.5) is 15.8 Å². The van der Waals surface area contributed by atoms with Crippen molar-refractivity contribution >= 4 is 28.9 Å². The number of carbonyl (C=O) groups is 1. The first kappa shape index (κ1) is 14.3. The van der Waals surface area contributed by atoms with Crippen molar-refractivity contribution in [1.29, 1.82) is 0 Å². The van der Waals surface area contributed by atoms with Crippen LogP contribution in [0, 0.1) is 5.82 Å². The molecule has 0 heterocycles. The Morgan fingerprint density at radius 2 is 1.95 bits per heavy atom. The molecule has 0 spiro atoms. The summed E-state index contributed by atoms with van der Waals surface area (Å²) in [5, 5.41) is 5.96. The van der Waals surface area contributed by atoms with Crippen molar-refractivity contribution in [2.75, 3.05) is 17.2 Å². The Hall–Kier alpha value is -2.07. The van der Waals surface area contributed by atoms with Gasteiger partial charge >= 0.3 is 0 Å². The van der Waals surface area contributed by atoms with Crippen molar-refractivity contribution in [3.8, 4) is 0 Å². The summed E-state index contributed by atoms with van der Waals surface area (Å²) in [5.74, 6) is -0.868. The zero-order chi connectivity index (χ0) is 14.5. The molecule has 2 aromatic rings. The number of nitrogens with one attached hydrogen (secondary N) is 2. The van der Waals surface area contributed by atoms with Crippen molar-refractivity contribution in [2.45, 2.75) is 6.92 Å². The first-order chi connectivity index (χ1) is 9.63. The summed E-state index contributed by atoms with van der Waals surface area (Å²) < 4.78 is 13.7. The smallest absolute Gasteiger partial charge is 0.257 e. The summed E-state index contributed by atoms with van der Waals surface area (Å²) in [6.07, 6.45) is 0. The maximum atomic E-state index is 13.7. The molecule has 0 aliphatic rings. The Kier molecular flexibility index (Phi) is 4.58. The SMILES string of the molecule is CCNc1c(F)cccc1C(=O)Nc1ccccc1Cl. The third-order valence-corrected chi connectivity index (χ3v) is 3.06. The van der Waals surface area contributed by atoms with Crippen LogP contribution in [-0.2, 0) is 0 Å². The van der Waals surface area contributed by atoms with Crippen LogP contribution in [0.3, 0.4) is 0 Å². The van der Waals surface area contributed by atoms with Gasteiger partial charge in [-0.3, -0.25) is 4.79 Å². The molecular weight excluding hydrogens is 279 g/mol. The lowest BCUT2D eigenvalue weighted by molar-refractivity contribution is 0.102. The van der Waals surface area contributed by atoms with Gasteiger partial charge in [-0.05, 0) is 31.2 Å². The summed E-state index contributed by atoms with van der Waals surface area (Å²) >= 11 is 5.98. The first-order valence-corrected chi connectivity index (χ1v) is 6.59. The van der Waals surface area contributed by atoms with E-state index in [4.69, 9.17) is 11.6 Å². The summed E-state index contributed by atoms with van der Waals surface area (Å²) in [7, 11) is 0. The van der Waals surface area contributed by atoms with Crippen LogP contribution in [0.1, 0.15) is 17.3 Å². The van der Waals surface area contributed by atoms with E-state index in [0.717, 1.165) is 0 Å². The Balaban J connectivity index is 2.30. The molecule has 0 saturated carbocycles. The molecule has 5 heteroatoms. The minimum absolute atomic E-state index is 0.194. The maximum Gasteiger partial charge on any atom is 0.257 e. The van der Waals surface area contributed by atoms with E-state index < -0.39 is 11.7 Å². The van der Waals surface area contributed by atoms with E-state index in [0.29, 0.717) is 17.3 Å². The van der Waals surface area contributed by atoms with Gasteiger partial charge in [0.05, 0.1) is 22.0 Å². The number of halogens is 2. The van der Waals surface area contributed by atoms with Gasteiger partial charge in [-0.15, -0.1) is 0 Å². The van der Waals surface area contributed by atoms with Gasteiger partial charge in [0.2, 0.25) is 0 Å². The average molecular weight is 293 g/mol. The molecule has 0 radical (unpaired) electrons. The number of anilines is 2. The van der Waals surface area contributed by atoms with Gasteiger partial charge in [0.1, 0.15) is 5.82 Å². The van der Waals surface area contributed by atoms with Gasteiger partial charge in [0, 0.05) is 6.54 Å². The van der Waals surface area contributed by atoms with E-state index in [-0.39, 0.29) is 11.3 Å². The molecule has 0 aliphatic heterocycles. The monoisotopic (exact) mass is 292 g/mol. The molecule has 2 N–H and O–H groups in total. The van der Waals surface area contributed by atoms with Gasteiger partial charge in [-0.1, -0.05) is 29.8 Å². The van der Waals surface area contributed by atoms with Crippen molar-refractivity contribution in [2.24, 2.45) is 0 Å². The normalized spacial score (nSPS) is 10.2. The van der Waals surface area contributed by atoms with Crippen molar-refractivity contribution in [1.82, 2.24) is 0 Å². The molecule has 0 aliphatic carbocycles. The van der Waals surface area contributed by atoms with Crippen LogP contribution >= 0.6 is 11.6 Å². The third kappa shape index (κ3) is 3.08. The largest absolute Gasteiger partial charge is 0.382 e. The fraction of sp³-hybridized carbons (Fsp3) is 0.133. The second-order valence-electron chi connectivity index (χ2n) is 4.13. The minimum Gasteiger partial charge on any atom is -0.382 e. The lowest BCUT2D eigenvalue weighted by Crippen LogP contribution is -2.16. The van der Waals surface area contributed by atoms with E-state index in [1.165, 1.54) is 12.1 Å². The number of para-hydroxylation sites is 2. The topological polar surface area (TPSA) is 41.1 Å². The molecule has 104 valence electrons. The van der Waals surface area contributed by atoms with Crippen LogP contribution in [0.5, 0.6) is 0 Å². The predicted molar refractivity (Wildman–Crippen MR) is 80.0 cm³/mol. The summed E-state index contributed by atoms with van der Waals surface area (Å²) in [5.41, 5.74) is 0.928. The summed E-state index contributed by atoms with van der Waals surface area (Å²) in [4.78, 5) is 12.2. The van der Waals surface area contributed by atoms with E-state index in [2.05, 4.69) is 10.6 Å². The second-order valence-corrected chi connectivity index (χ2v) is 4.53. The molecule has 3 nitrogen and oxygen atoms in total. The Labute approximate surface area is 121 Å². The van der Waals surface area contributed by atoms with Gasteiger partial charge in [0.15, 0.2) is 0 Å². The van der Waals surface area contributed by atoms with E-state index in [1.807, 2.05) is 6.92 Å². The molecule has 1 amide bonds. The highest BCUT2D eigenvalue weighted by molar-refractivity contribution is 6.34. The van der Waals surface area contributed by atoms with E-state index >= 15 is 0 Å². The average Bonchev–Trinajstić information content (AvgIpc) is 2.43. The molecule has 2 rings (SSSR count). The third-order valence-electron chi connectivity index (χ3n) is 2.73. The predicted octanol–water partition coefficient (Wildman–Crippen LogP) is 4.16. The molecule has 0 bridgehead atoms. The number of hydrogen-bond acceptors (Lipinski definition) is 2. The van der Waals surface area contributed by atoms with Crippen LogP contribution in [-0.4, -0.2) is 12.5 Å². The van der Waals surface area contributed by atoms with Gasteiger partial charge in [-0.2, -0.15) is 0 Å². The highest BCUT2D eigenvalue weighted by Gasteiger charge is 2.15. The highest BCUT2D eigenvalue weighted by atomic mass is 35.5. The molecule has 2 aromatic carbocycles. The second kappa shape index (κ2) is 6.39. The Bertz CT molecular complexity index is 631. The highest BCUT2D eigenvalue weighted by Crippen LogP contribution is 2.24. The number of benzene rings is 2. The van der Waals surface area contributed by atoms with Gasteiger partial charge < -0.3 is 10.6 Å². The molecule has 0 saturated heterocycles. The molecule has 0 aromatic heterocycles. The molecular formula is C15H14ClFN2O. The zero-order valence-corrected chi connectivity index (χ0v) is 11.7. The van der Waals surface area contributed by atoms with Crippen molar-refractivity contribution < 1.29 is 9.18 Å². The van der Waals surface area contributed by atoms with E-state index in [9.17, 15) is 9.18 Å². The zero-order valence-electron chi connectivity index (χ0n) is 10.9. The quantitative estimate of drug-likeness (QED) is 0.888. The first-order valence-electron chi connectivity index (χ1n) is 6.21. The summed E-state index contributed by atoms with van der Waals surface area (Å²) in [6, 6.07) is 11.3. The van der Waals surface area contributed by atoms with Crippen molar-refractivity contribution in [3.05, 3.63) is 58.9 Å². The van der Waals surface area contributed by atoms with Crippen LogP contribution < -0.4 is 10.6 Å². The van der Waals surface area contributed by atoms with Crippen molar-refractivity contribution in [3.63, 3.8) is 0 Å². The molecule has 0 unspecified atom stereocenters. The standard InChI is InChI=1S/C15H14ClFN2O/c1-2-18-14-10(6-5-8-12(14)17)15(20)19-13-9-4-3-7-11(13)16/h3-9,18H,2H2,1H3,(H,19,20). The summed E-state index contributed by atoms with van der Waals surface area (Å²) in [6.45, 7) is 2.36. The minimum atomic E-state index is -0.460.